The summed E-state index contributed by atoms with van der Waals surface area (Å²) in [4.78, 5) is 26.0. The first-order valence-corrected chi connectivity index (χ1v) is 10.8. The number of urea groups is 1. The van der Waals surface area contributed by atoms with Gasteiger partial charge in [0.2, 0.25) is 0 Å². The van der Waals surface area contributed by atoms with Crippen LogP contribution in [0.5, 0.6) is 0 Å². The predicted molar refractivity (Wildman–Crippen MR) is 129 cm³/mol. The molecule has 0 spiro atoms. The molecule has 0 atom stereocenters. The van der Waals surface area contributed by atoms with E-state index in [-0.39, 0.29) is 18.6 Å². The lowest BCUT2D eigenvalue weighted by atomic mass is 10.0. The van der Waals surface area contributed by atoms with Gasteiger partial charge in [-0.1, -0.05) is 42.5 Å². The summed E-state index contributed by atoms with van der Waals surface area (Å²) >= 11 is 0. The normalized spacial score (nSPS) is 11.0. The fourth-order valence-corrected chi connectivity index (χ4v) is 3.29. The Hall–Kier alpha value is -4.00. The summed E-state index contributed by atoms with van der Waals surface area (Å²) < 4.78 is 31.5. The second-order valence-corrected chi connectivity index (χ2v) is 7.97. The topological polar surface area (TPSA) is 58.6 Å². The molecule has 7 heteroatoms. The number of hydrogen-bond donors (Lipinski definition) is 1. The number of hydrogen-bond acceptors (Lipinski definition) is 3. The van der Waals surface area contributed by atoms with E-state index >= 15 is 0 Å². The number of rotatable bonds is 7. The Labute approximate surface area is 197 Å². The Morgan fingerprint density at radius 3 is 2.32 bits per heavy atom. The number of nitrogens with one attached hydrogen (secondary N) is 1. The molecule has 0 aliphatic carbocycles. The van der Waals surface area contributed by atoms with Crippen LogP contribution in [-0.4, -0.2) is 25.2 Å². The maximum Gasteiger partial charge on any atom is 0.330 e. The highest BCUT2D eigenvalue weighted by Gasteiger charge is 2.17. The Bertz CT molecular complexity index is 1190. The van der Waals surface area contributed by atoms with Crippen LogP contribution in [0.25, 0.3) is 17.2 Å². The van der Waals surface area contributed by atoms with E-state index in [1.165, 1.54) is 19.3 Å². The van der Waals surface area contributed by atoms with Gasteiger partial charge in [0, 0.05) is 17.8 Å². The number of nitrogens with zero attached hydrogens (tertiary/aromatic N) is 1. The third-order valence-electron chi connectivity index (χ3n) is 5.00. The molecule has 3 rings (SSSR count). The van der Waals surface area contributed by atoms with Crippen molar-refractivity contribution in [2.45, 2.75) is 26.4 Å². The zero-order chi connectivity index (χ0) is 24.7. The van der Waals surface area contributed by atoms with Crippen LogP contribution in [0.1, 0.15) is 25.0 Å². The highest BCUT2D eigenvalue weighted by atomic mass is 19.2. The molecule has 0 bridgehead atoms. The van der Waals surface area contributed by atoms with Crippen LogP contribution in [0.2, 0.25) is 0 Å². The first-order chi connectivity index (χ1) is 16.3. The third-order valence-corrected chi connectivity index (χ3v) is 5.00. The van der Waals surface area contributed by atoms with E-state index in [1.807, 2.05) is 38.1 Å². The minimum atomic E-state index is -0.903. The fourth-order valence-electron chi connectivity index (χ4n) is 3.29. The second-order valence-electron chi connectivity index (χ2n) is 7.97. The lowest BCUT2D eigenvalue weighted by Gasteiger charge is -2.25. The molecule has 3 aromatic rings. The number of amides is 2. The molecule has 0 fully saturated rings. The first-order valence-electron chi connectivity index (χ1n) is 10.8. The van der Waals surface area contributed by atoms with Gasteiger partial charge in [-0.05, 0) is 66.4 Å². The molecule has 5 nitrogen and oxygen atoms in total. The van der Waals surface area contributed by atoms with E-state index in [9.17, 15) is 18.4 Å². The van der Waals surface area contributed by atoms with Crippen LogP contribution in [0.15, 0.2) is 72.8 Å². The number of carbonyl (C=O) groups excluding carboxylic acids is 2. The number of esters is 1. The van der Waals surface area contributed by atoms with E-state index < -0.39 is 17.6 Å². The quantitative estimate of drug-likeness (QED) is 0.348. The fraction of sp³-hybridized carbons (Fsp3) is 0.185. The van der Waals surface area contributed by atoms with E-state index in [4.69, 9.17) is 0 Å². The summed E-state index contributed by atoms with van der Waals surface area (Å²) in [7, 11) is 1.30. The molecule has 0 aromatic heterocycles. The van der Waals surface area contributed by atoms with Crippen molar-refractivity contribution in [3.05, 3.63) is 95.6 Å². The maximum atomic E-state index is 13.6. The highest BCUT2D eigenvalue weighted by molar-refractivity contribution is 5.93. The van der Waals surface area contributed by atoms with Crippen molar-refractivity contribution in [2.24, 2.45) is 0 Å². The highest BCUT2D eigenvalue weighted by Crippen LogP contribution is 2.24. The van der Waals surface area contributed by atoms with Crippen molar-refractivity contribution in [3.63, 3.8) is 0 Å². The second kappa shape index (κ2) is 11.2. The van der Waals surface area contributed by atoms with Crippen molar-refractivity contribution < 1.29 is 23.1 Å². The number of methoxy groups -OCH3 is 1. The summed E-state index contributed by atoms with van der Waals surface area (Å²) in [5, 5.41) is 2.91. The van der Waals surface area contributed by atoms with Gasteiger partial charge < -0.3 is 10.1 Å². The molecule has 34 heavy (non-hydrogen) atoms. The van der Waals surface area contributed by atoms with E-state index in [0.29, 0.717) is 11.3 Å². The van der Waals surface area contributed by atoms with E-state index in [0.717, 1.165) is 28.8 Å². The van der Waals surface area contributed by atoms with Gasteiger partial charge in [-0.15, -0.1) is 0 Å². The molecule has 2 amide bonds. The molecule has 0 radical (unpaired) electrons. The van der Waals surface area contributed by atoms with Crippen LogP contribution in [0.3, 0.4) is 0 Å². The van der Waals surface area contributed by atoms with Gasteiger partial charge in [0.05, 0.1) is 13.7 Å². The van der Waals surface area contributed by atoms with Crippen LogP contribution >= 0.6 is 0 Å². The molecule has 0 aliphatic heterocycles. The van der Waals surface area contributed by atoms with Gasteiger partial charge in [0.1, 0.15) is 0 Å². The number of carbonyl (C=O) groups is 2. The van der Waals surface area contributed by atoms with Crippen molar-refractivity contribution in [1.82, 2.24) is 5.32 Å². The van der Waals surface area contributed by atoms with E-state index in [1.54, 1.807) is 35.2 Å². The molecular weight excluding hydrogens is 438 g/mol. The molecule has 176 valence electrons. The van der Waals surface area contributed by atoms with Crippen molar-refractivity contribution >= 4 is 23.8 Å². The Kier molecular flexibility index (Phi) is 8.14. The van der Waals surface area contributed by atoms with Gasteiger partial charge >= 0.3 is 12.0 Å². The van der Waals surface area contributed by atoms with Gasteiger partial charge in [0.15, 0.2) is 11.6 Å². The third kappa shape index (κ3) is 6.51. The van der Waals surface area contributed by atoms with Crippen molar-refractivity contribution in [3.8, 4) is 11.1 Å². The van der Waals surface area contributed by atoms with Gasteiger partial charge in [-0.25, -0.2) is 18.4 Å². The summed E-state index contributed by atoms with van der Waals surface area (Å²) in [6, 6.07) is 17.9. The maximum absolute atomic E-state index is 13.6. The van der Waals surface area contributed by atoms with Crippen LogP contribution in [0.4, 0.5) is 19.3 Å². The zero-order valence-electron chi connectivity index (χ0n) is 19.2. The average molecular weight is 465 g/mol. The van der Waals surface area contributed by atoms with Crippen LogP contribution in [-0.2, 0) is 16.1 Å². The van der Waals surface area contributed by atoms with E-state index in [2.05, 4.69) is 10.1 Å². The number of anilines is 1. The smallest absolute Gasteiger partial charge is 0.330 e. The SMILES string of the molecule is COC(=O)/C=C/c1cccc(N(Cc2ccc(-c3ccc(F)c(F)c3)cc2)C(=O)NC(C)C)c1. The zero-order valence-corrected chi connectivity index (χ0v) is 19.2. The van der Waals surface area contributed by atoms with Gasteiger partial charge in [-0.3, -0.25) is 4.90 Å². The molecule has 0 saturated heterocycles. The Morgan fingerprint density at radius 1 is 0.971 bits per heavy atom. The predicted octanol–water partition coefficient (Wildman–Crippen LogP) is 5.94. The van der Waals surface area contributed by atoms with Gasteiger partial charge in [-0.2, -0.15) is 0 Å². The molecule has 0 aliphatic rings. The van der Waals surface area contributed by atoms with Crippen molar-refractivity contribution in [1.29, 1.82) is 0 Å². The number of halogens is 2. The minimum absolute atomic E-state index is 0.0619. The Morgan fingerprint density at radius 2 is 1.68 bits per heavy atom. The van der Waals surface area contributed by atoms with Crippen molar-refractivity contribution in [2.75, 3.05) is 12.0 Å². The molecule has 0 unspecified atom stereocenters. The lowest BCUT2D eigenvalue weighted by Crippen LogP contribution is -2.42. The summed E-state index contributed by atoms with van der Waals surface area (Å²) in [5.74, 6) is -2.27. The number of benzene rings is 3. The summed E-state index contributed by atoms with van der Waals surface area (Å²) in [5.41, 5.74) is 3.52. The first kappa shape index (κ1) is 24.6. The minimum Gasteiger partial charge on any atom is -0.466 e. The monoisotopic (exact) mass is 464 g/mol. The van der Waals surface area contributed by atoms with Gasteiger partial charge in [0.25, 0.3) is 0 Å². The molecule has 3 aromatic carbocycles. The standard InChI is InChI=1S/C27H26F2N2O3/c1-18(2)30-27(33)31(23-6-4-5-19(15-23)9-14-26(32)34-3)17-20-7-10-21(11-8-20)22-12-13-24(28)25(29)16-22/h4-16,18H,17H2,1-3H3,(H,30,33)/b14-9+. The van der Waals surface area contributed by atoms with Crippen LogP contribution in [0, 0.1) is 11.6 Å². The number of ether oxygens (including phenoxy) is 1. The molecule has 0 heterocycles. The largest absolute Gasteiger partial charge is 0.466 e. The molecule has 0 saturated carbocycles. The Balaban J connectivity index is 1.87. The summed E-state index contributed by atoms with van der Waals surface area (Å²) in [6.45, 7) is 4.03. The summed E-state index contributed by atoms with van der Waals surface area (Å²) in [6.07, 6.45) is 2.93. The average Bonchev–Trinajstić information content (AvgIpc) is 2.82. The lowest BCUT2D eigenvalue weighted by molar-refractivity contribution is -0.134. The molecule has 1 N–H and O–H groups in total. The van der Waals surface area contributed by atoms with Crippen LogP contribution < -0.4 is 10.2 Å². The molecular formula is C27H26F2N2O3.